The molecule has 33 heavy (non-hydrogen) atoms. The second-order valence-electron chi connectivity index (χ2n) is 8.17. The zero-order valence-electron chi connectivity index (χ0n) is 19.1. The minimum Gasteiger partial charge on any atom is -0.382 e. The van der Waals surface area contributed by atoms with E-state index in [9.17, 15) is 8.42 Å². The number of methoxy groups -OCH3 is 1. The number of likely N-dealkylation sites (N-methyl/N-ethyl adjacent to an activating group) is 1. The highest BCUT2D eigenvalue weighted by molar-refractivity contribution is 7.91. The van der Waals surface area contributed by atoms with Gasteiger partial charge in [-0.2, -0.15) is 0 Å². The Morgan fingerprint density at radius 3 is 2.52 bits per heavy atom. The Kier molecular flexibility index (Phi) is 10.0. The van der Waals surface area contributed by atoms with Crippen molar-refractivity contribution in [2.24, 2.45) is 0 Å². The normalized spacial score (nSPS) is 16.7. The molecule has 1 aliphatic rings. The predicted molar refractivity (Wildman–Crippen MR) is 131 cm³/mol. The van der Waals surface area contributed by atoms with Crippen molar-refractivity contribution in [1.82, 2.24) is 4.90 Å². The standard InChI is InChI=1S/C24H31Cl2NO5S/c1-27-16-22(21-14-19(25)15-24(26)23(21)17-27)18-5-3-6-20(13-18)33(28,29)12-4-7-31-10-11-32-9-8-30-2/h3,5-6,13-15,22H,4,7-12,16-17H2,1-2H3/t22-/m0/s1. The van der Waals surface area contributed by atoms with E-state index < -0.39 is 9.84 Å². The summed E-state index contributed by atoms with van der Waals surface area (Å²) in [5.41, 5.74) is 3.03. The van der Waals surface area contributed by atoms with E-state index in [-0.39, 0.29) is 11.7 Å². The number of ether oxygens (including phenoxy) is 3. The zero-order valence-corrected chi connectivity index (χ0v) is 21.4. The van der Waals surface area contributed by atoms with Crippen LogP contribution in [-0.2, 0) is 30.6 Å². The molecule has 0 amide bonds. The number of rotatable bonds is 12. The fourth-order valence-corrected chi connectivity index (χ4v) is 5.89. The Labute approximate surface area is 206 Å². The highest BCUT2D eigenvalue weighted by Gasteiger charge is 2.28. The average Bonchev–Trinajstić information content (AvgIpc) is 2.78. The third-order valence-electron chi connectivity index (χ3n) is 5.62. The van der Waals surface area contributed by atoms with E-state index in [1.165, 1.54) is 0 Å². The largest absolute Gasteiger partial charge is 0.382 e. The van der Waals surface area contributed by atoms with Gasteiger partial charge in [0.05, 0.1) is 37.1 Å². The van der Waals surface area contributed by atoms with Crippen LogP contribution in [0.4, 0.5) is 0 Å². The summed E-state index contributed by atoms with van der Waals surface area (Å²) < 4.78 is 41.6. The Morgan fingerprint density at radius 2 is 1.76 bits per heavy atom. The molecule has 1 atom stereocenters. The van der Waals surface area contributed by atoms with Gasteiger partial charge in [-0.15, -0.1) is 0 Å². The summed E-state index contributed by atoms with van der Waals surface area (Å²) in [7, 11) is 0.224. The summed E-state index contributed by atoms with van der Waals surface area (Å²) in [6, 6.07) is 10.9. The number of nitrogens with zero attached hydrogens (tertiary/aromatic N) is 1. The minimum absolute atomic E-state index is 0.00783. The van der Waals surface area contributed by atoms with Gasteiger partial charge in [-0.05, 0) is 54.4 Å². The molecule has 0 unspecified atom stereocenters. The molecular weight excluding hydrogens is 485 g/mol. The fourth-order valence-electron chi connectivity index (χ4n) is 3.99. The molecule has 0 N–H and O–H groups in total. The molecule has 0 aromatic heterocycles. The molecule has 0 fully saturated rings. The van der Waals surface area contributed by atoms with Gasteiger partial charge >= 0.3 is 0 Å². The van der Waals surface area contributed by atoms with Crippen LogP contribution in [0.1, 0.15) is 29.0 Å². The zero-order chi connectivity index (χ0) is 23.8. The third kappa shape index (κ3) is 7.39. The van der Waals surface area contributed by atoms with Crippen molar-refractivity contribution in [3.63, 3.8) is 0 Å². The number of hydrogen-bond donors (Lipinski definition) is 0. The van der Waals surface area contributed by atoms with E-state index in [2.05, 4.69) is 4.90 Å². The van der Waals surface area contributed by atoms with Crippen molar-refractivity contribution < 1.29 is 22.6 Å². The van der Waals surface area contributed by atoms with Gasteiger partial charge < -0.3 is 19.1 Å². The lowest BCUT2D eigenvalue weighted by molar-refractivity contribution is 0.0251. The number of benzene rings is 2. The molecule has 0 saturated carbocycles. The fraction of sp³-hybridized carbons (Fsp3) is 0.500. The summed E-state index contributed by atoms with van der Waals surface area (Å²) >= 11 is 12.7. The lowest BCUT2D eigenvalue weighted by Gasteiger charge is -2.33. The van der Waals surface area contributed by atoms with Crippen LogP contribution in [0.3, 0.4) is 0 Å². The van der Waals surface area contributed by atoms with Gasteiger partial charge in [-0.1, -0.05) is 35.3 Å². The first kappa shape index (κ1) is 26.4. The molecule has 0 saturated heterocycles. The molecule has 0 radical (unpaired) electrons. The van der Waals surface area contributed by atoms with Gasteiger partial charge in [0.25, 0.3) is 0 Å². The van der Waals surface area contributed by atoms with Crippen molar-refractivity contribution in [2.45, 2.75) is 23.8 Å². The summed E-state index contributed by atoms with van der Waals surface area (Å²) in [4.78, 5) is 2.51. The first-order valence-corrected chi connectivity index (χ1v) is 13.4. The van der Waals surface area contributed by atoms with Crippen LogP contribution in [0, 0.1) is 0 Å². The van der Waals surface area contributed by atoms with Crippen LogP contribution < -0.4 is 0 Å². The molecule has 2 aromatic rings. The number of halogens is 2. The van der Waals surface area contributed by atoms with Crippen molar-refractivity contribution in [2.75, 3.05) is 59.5 Å². The molecule has 9 heteroatoms. The van der Waals surface area contributed by atoms with Crippen LogP contribution in [0.2, 0.25) is 10.0 Å². The van der Waals surface area contributed by atoms with Gasteiger partial charge in [0.1, 0.15) is 0 Å². The Morgan fingerprint density at radius 1 is 1.03 bits per heavy atom. The smallest absolute Gasteiger partial charge is 0.178 e. The number of fused-ring (bicyclic) bond motifs is 1. The SMILES string of the molecule is COCCOCCOCCCS(=O)(=O)c1cccc([C@@H]2CN(C)Cc3c(Cl)cc(Cl)cc32)c1. The van der Waals surface area contributed by atoms with Crippen LogP contribution in [-0.4, -0.2) is 72.8 Å². The molecule has 3 rings (SSSR count). The monoisotopic (exact) mass is 515 g/mol. The first-order chi connectivity index (χ1) is 15.8. The first-order valence-electron chi connectivity index (χ1n) is 11.0. The maximum atomic E-state index is 12.9. The predicted octanol–water partition coefficient (Wildman–Crippen LogP) is 4.41. The van der Waals surface area contributed by atoms with Gasteiger partial charge in [-0.25, -0.2) is 8.42 Å². The molecule has 0 bridgehead atoms. The van der Waals surface area contributed by atoms with E-state index in [4.69, 9.17) is 37.4 Å². The maximum absolute atomic E-state index is 12.9. The Bertz CT molecular complexity index is 1030. The van der Waals surface area contributed by atoms with Crippen LogP contribution in [0.5, 0.6) is 0 Å². The minimum atomic E-state index is -3.43. The van der Waals surface area contributed by atoms with E-state index in [1.54, 1.807) is 31.4 Å². The number of sulfone groups is 1. The molecule has 0 spiro atoms. The highest BCUT2D eigenvalue weighted by atomic mass is 35.5. The van der Waals surface area contributed by atoms with Crippen LogP contribution in [0.25, 0.3) is 0 Å². The van der Waals surface area contributed by atoms with Crippen LogP contribution >= 0.6 is 23.2 Å². The van der Waals surface area contributed by atoms with Crippen molar-refractivity contribution in [1.29, 1.82) is 0 Å². The summed E-state index contributed by atoms with van der Waals surface area (Å²) in [5.74, 6) is 0.0197. The Hall–Kier alpha value is -1.19. The molecule has 6 nitrogen and oxygen atoms in total. The molecule has 182 valence electrons. The molecule has 2 aromatic carbocycles. The van der Waals surface area contributed by atoms with E-state index >= 15 is 0 Å². The second kappa shape index (κ2) is 12.5. The topological polar surface area (TPSA) is 65.1 Å². The van der Waals surface area contributed by atoms with E-state index in [0.717, 1.165) is 29.8 Å². The summed E-state index contributed by atoms with van der Waals surface area (Å²) in [5, 5.41) is 1.23. The van der Waals surface area contributed by atoms with E-state index in [0.29, 0.717) is 54.4 Å². The van der Waals surface area contributed by atoms with Crippen molar-refractivity contribution in [3.8, 4) is 0 Å². The highest BCUT2D eigenvalue weighted by Crippen LogP contribution is 2.38. The molecular formula is C24H31Cl2NO5S. The van der Waals surface area contributed by atoms with Gasteiger partial charge in [0.15, 0.2) is 9.84 Å². The lowest BCUT2D eigenvalue weighted by Crippen LogP contribution is -2.31. The third-order valence-corrected chi connectivity index (χ3v) is 7.97. The molecule has 0 aliphatic carbocycles. The van der Waals surface area contributed by atoms with Gasteiger partial charge in [0, 0.05) is 42.8 Å². The van der Waals surface area contributed by atoms with Crippen molar-refractivity contribution >= 4 is 33.0 Å². The van der Waals surface area contributed by atoms with Crippen LogP contribution in [0.15, 0.2) is 41.3 Å². The average molecular weight is 516 g/mol. The molecule has 1 heterocycles. The Balaban J connectivity index is 1.64. The second-order valence-corrected chi connectivity index (χ2v) is 11.1. The molecule has 1 aliphatic heterocycles. The van der Waals surface area contributed by atoms with E-state index in [1.807, 2.05) is 19.2 Å². The summed E-state index contributed by atoms with van der Waals surface area (Å²) in [6.45, 7) is 3.81. The van der Waals surface area contributed by atoms with Gasteiger partial charge in [0.2, 0.25) is 0 Å². The maximum Gasteiger partial charge on any atom is 0.178 e. The quantitative estimate of drug-likeness (QED) is 0.390. The summed E-state index contributed by atoms with van der Waals surface area (Å²) in [6.07, 6.45) is 0.421. The lowest BCUT2D eigenvalue weighted by atomic mass is 9.85. The van der Waals surface area contributed by atoms with Crippen molar-refractivity contribution in [3.05, 3.63) is 63.1 Å². The number of hydrogen-bond acceptors (Lipinski definition) is 6. The van der Waals surface area contributed by atoms with Gasteiger partial charge in [-0.3, -0.25) is 0 Å².